The highest BCUT2D eigenvalue weighted by molar-refractivity contribution is 5.76. The maximum absolute atomic E-state index is 6.24. The maximum atomic E-state index is 6.24. The van der Waals surface area contributed by atoms with Gasteiger partial charge in [-0.2, -0.15) is 0 Å². The first-order valence-corrected chi connectivity index (χ1v) is 15.5. The van der Waals surface area contributed by atoms with E-state index >= 15 is 0 Å². The van der Waals surface area contributed by atoms with Crippen LogP contribution in [0.2, 0.25) is 0 Å². The van der Waals surface area contributed by atoms with Crippen molar-refractivity contribution in [2.45, 2.75) is 93.5 Å². The van der Waals surface area contributed by atoms with Crippen LogP contribution in [0.5, 0.6) is 0 Å². The van der Waals surface area contributed by atoms with Crippen LogP contribution < -0.4 is 5.73 Å². The largest absolute Gasteiger partial charge is 0.326 e. The van der Waals surface area contributed by atoms with E-state index in [1.165, 1.54) is 97.1 Å². The van der Waals surface area contributed by atoms with Crippen molar-refractivity contribution >= 4 is 11.6 Å². The minimum atomic E-state index is 0.283. The molecule has 0 aromatic heterocycles. The number of rotatable bonds is 8. The Morgan fingerprint density at radius 1 is 1.05 bits per heavy atom. The Balaban J connectivity index is 1.43. The lowest BCUT2D eigenvalue weighted by Crippen LogP contribution is -2.38. The molecule has 0 spiro atoms. The highest BCUT2D eigenvalue weighted by atomic mass is 15.1. The van der Waals surface area contributed by atoms with Crippen molar-refractivity contribution in [2.24, 2.45) is 28.4 Å². The van der Waals surface area contributed by atoms with Crippen LogP contribution in [0.3, 0.4) is 0 Å². The van der Waals surface area contributed by atoms with Crippen molar-refractivity contribution in [1.82, 2.24) is 4.90 Å². The number of hydrogen-bond acceptors (Lipinski definition) is 2. The summed E-state index contributed by atoms with van der Waals surface area (Å²) in [6.45, 7) is 20.7. The van der Waals surface area contributed by atoms with Gasteiger partial charge in [-0.3, -0.25) is 0 Å². The number of aryl methyl sites for hydroxylation is 1. The van der Waals surface area contributed by atoms with E-state index in [0.717, 1.165) is 11.8 Å². The smallest absolute Gasteiger partial charge is 0.0184 e. The van der Waals surface area contributed by atoms with Crippen molar-refractivity contribution in [3.8, 4) is 11.1 Å². The molecule has 2 aliphatic rings. The van der Waals surface area contributed by atoms with E-state index in [-0.39, 0.29) is 5.41 Å². The number of piperidine rings is 1. The zero-order valence-corrected chi connectivity index (χ0v) is 25.9. The quantitative estimate of drug-likeness (QED) is 0.371. The van der Waals surface area contributed by atoms with Crippen molar-refractivity contribution in [3.05, 3.63) is 70.8 Å². The van der Waals surface area contributed by atoms with E-state index < -0.39 is 0 Å². The lowest BCUT2D eigenvalue weighted by atomic mass is 9.71. The van der Waals surface area contributed by atoms with E-state index in [1.54, 1.807) is 0 Å². The second kappa shape index (κ2) is 12.6. The standard InChI is InChI=1S/C37H54N2/c1-8-35(37(7)20-10-11-28(37)3)34-17-16-31(23-27(34)2)32-15-14-30(33(24-32)25-38)13-9-12-29-18-21-39(22-19-29)26-36(4,5)6/h8-9,13-17,23-24,28-29H,10-12,18-22,25-26,38H2,1-7H3/b13-9-,35-8+. The molecular weight excluding hydrogens is 472 g/mol. The summed E-state index contributed by atoms with van der Waals surface area (Å²) < 4.78 is 0. The van der Waals surface area contributed by atoms with E-state index in [4.69, 9.17) is 5.73 Å². The minimum absolute atomic E-state index is 0.283. The SMILES string of the molecule is C/C=C(\c1ccc(-c2ccc(/C=C\CC3CCN(CC(C)(C)C)CC3)c(CN)c2)cc1C)C1(C)CCCC1C. The molecule has 1 saturated carbocycles. The molecule has 0 bridgehead atoms. The number of benzene rings is 2. The second-order valence-corrected chi connectivity index (χ2v) is 14.0. The van der Waals surface area contributed by atoms with E-state index in [9.17, 15) is 0 Å². The van der Waals surface area contributed by atoms with Gasteiger partial charge in [0.15, 0.2) is 0 Å². The summed E-state index contributed by atoms with van der Waals surface area (Å²) in [5, 5.41) is 0. The Bertz CT molecular complexity index is 1170. The van der Waals surface area contributed by atoms with Gasteiger partial charge in [-0.15, -0.1) is 0 Å². The molecule has 4 rings (SSSR count). The summed E-state index contributed by atoms with van der Waals surface area (Å²) in [7, 11) is 0. The molecule has 0 radical (unpaired) electrons. The van der Waals surface area contributed by atoms with Crippen molar-refractivity contribution in [2.75, 3.05) is 19.6 Å². The third-order valence-electron chi connectivity index (χ3n) is 9.71. The van der Waals surface area contributed by atoms with E-state index in [0.29, 0.717) is 12.0 Å². The first kappa shape index (κ1) is 29.8. The van der Waals surface area contributed by atoms with Crippen molar-refractivity contribution in [1.29, 1.82) is 0 Å². The summed E-state index contributed by atoms with van der Waals surface area (Å²) in [4.78, 5) is 2.65. The molecule has 1 aliphatic heterocycles. The van der Waals surface area contributed by atoms with Crippen LogP contribution in [-0.4, -0.2) is 24.5 Å². The summed E-state index contributed by atoms with van der Waals surface area (Å²) in [5.74, 6) is 1.54. The molecule has 2 nitrogen and oxygen atoms in total. The highest BCUT2D eigenvalue weighted by Crippen LogP contribution is 2.52. The van der Waals surface area contributed by atoms with Crippen LogP contribution in [-0.2, 0) is 6.54 Å². The molecule has 2 fully saturated rings. The molecular formula is C37H54N2. The van der Waals surface area contributed by atoms with Gasteiger partial charge in [0.25, 0.3) is 0 Å². The van der Waals surface area contributed by atoms with Gasteiger partial charge in [-0.1, -0.05) is 89.6 Å². The van der Waals surface area contributed by atoms with Gasteiger partial charge in [-0.05, 0) is 127 Å². The number of hydrogen-bond donors (Lipinski definition) is 1. The average Bonchev–Trinajstić information content (AvgIpc) is 3.24. The highest BCUT2D eigenvalue weighted by Gasteiger charge is 2.39. The van der Waals surface area contributed by atoms with Crippen LogP contribution in [0.25, 0.3) is 22.8 Å². The molecule has 1 aliphatic carbocycles. The molecule has 2 unspecified atom stereocenters. The van der Waals surface area contributed by atoms with Gasteiger partial charge in [0.1, 0.15) is 0 Å². The second-order valence-electron chi connectivity index (χ2n) is 14.0. The summed E-state index contributed by atoms with van der Waals surface area (Å²) in [6, 6.07) is 13.9. The van der Waals surface area contributed by atoms with Crippen LogP contribution in [0.15, 0.2) is 48.6 Å². The fourth-order valence-electron chi connectivity index (χ4n) is 7.24. The minimum Gasteiger partial charge on any atom is -0.326 e. The topological polar surface area (TPSA) is 29.3 Å². The number of allylic oxidation sites excluding steroid dienone is 3. The van der Waals surface area contributed by atoms with E-state index in [1.807, 2.05) is 0 Å². The molecule has 2 heteroatoms. The van der Waals surface area contributed by atoms with Gasteiger partial charge in [-0.25, -0.2) is 0 Å². The van der Waals surface area contributed by atoms with Gasteiger partial charge in [0.05, 0.1) is 0 Å². The van der Waals surface area contributed by atoms with Gasteiger partial charge in [0, 0.05) is 13.1 Å². The Hall–Kier alpha value is -2.16. The van der Waals surface area contributed by atoms with Gasteiger partial charge < -0.3 is 10.6 Å². The van der Waals surface area contributed by atoms with Gasteiger partial charge in [0.2, 0.25) is 0 Å². The lowest BCUT2D eigenvalue weighted by molar-refractivity contribution is 0.137. The van der Waals surface area contributed by atoms with Crippen molar-refractivity contribution in [3.63, 3.8) is 0 Å². The molecule has 212 valence electrons. The molecule has 2 aromatic rings. The fourth-order valence-corrected chi connectivity index (χ4v) is 7.24. The third-order valence-corrected chi connectivity index (χ3v) is 9.71. The van der Waals surface area contributed by atoms with E-state index in [2.05, 4.69) is 108 Å². The predicted octanol–water partition coefficient (Wildman–Crippen LogP) is 9.51. The number of nitrogens with zero attached hydrogens (tertiary/aromatic N) is 1. The molecule has 2 atom stereocenters. The van der Waals surface area contributed by atoms with Crippen LogP contribution in [0.4, 0.5) is 0 Å². The Morgan fingerprint density at radius 3 is 2.33 bits per heavy atom. The number of likely N-dealkylation sites (tertiary alicyclic amines) is 1. The molecule has 2 N–H and O–H groups in total. The zero-order chi connectivity index (χ0) is 28.2. The lowest BCUT2D eigenvalue weighted by Gasteiger charge is -2.35. The maximum Gasteiger partial charge on any atom is 0.0184 e. The average molecular weight is 527 g/mol. The summed E-state index contributed by atoms with van der Waals surface area (Å²) in [5.41, 5.74) is 16.3. The molecule has 0 amide bonds. The summed E-state index contributed by atoms with van der Waals surface area (Å²) >= 11 is 0. The van der Waals surface area contributed by atoms with Crippen LogP contribution in [0, 0.1) is 29.6 Å². The zero-order valence-electron chi connectivity index (χ0n) is 25.9. The molecule has 39 heavy (non-hydrogen) atoms. The molecule has 1 saturated heterocycles. The fraction of sp³-hybridized carbons (Fsp3) is 0.568. The molecule has 1 heterocycles. The predicted molar refractivity (Wildman–Crippen MR) is 172 cm³/mol. The first-order chi connectivity index (χ1) is 18.5. The van der Waals surface area contributed by atoms with Crippen LogP contribution >= 0.6 is 0 Å². The Labute approximate surface area is 239 Å². The summed E-state index contributed by atoms with van der Waals surface area (Å²) in [6.07, 6.45) is 14.8. The van der Waals surface area contributed by atoms with Gasteiger partial charge >= 0.3 is 0 Å². The molecule has 2 aromatic carbocycles. The first-order valence-electron chi connectivity index (χ1n) is 15.5. The van der Waals surface area contributed by atoms with Crippen molar-refractivity contribution < 1.29 is 0 Å². The normalized spacial score (nSPS) is 23.7. The number of nitrogens with two attached hydrogens (primary N) is 1. The third kappa shape index (κ3) is 7.14. The monoisotopic (exact) mass is 526 g/mol. The van der Waals surface area contributed by atoms with Crippen LogP contribution in [0.1, 0.15) is 102 Å². The Kier molecular flexibility index (Phi) is 9.61. The Morgan fingerprint density at radius 2 is 1.74 bits per heavy atom.